The average Bonchev–Trinajstić information content (AvgIpc) is 2.39. The fourth-order valence-corrected chi connectivity index (χ4v) is 3.21. The molecule has 1 amide bonds. The molecule has 1 aliphatic heterocycles. The number of thioether (sulfide) groups is 1. The lowest BCUT2D eigenvalue weighted by Crippen LogP contribution is -2.43. The van der Waals surface area contributed by atoms with Gasteiger partial charge in [0.2, 0.25) is 0 Å². The van der Waals surface area contributed by atoms with Crippen molar-refractivity contribution in [3.63, 3.8) is 0 Å². The number of aromatic nitrogens is 1. The second kappa shape index (κ2) is 5.54. The summed E-state index contributed by atoms with van der Waals surface area (Å²) in [4.78, 5) is 18.3. The van der Waals surface area contributed by atoms with E-state index in [2.05, 4.69) is 18.8 Å². The predicted octanol–water partition coefficient (Wildman–Crippen LogP) is 2.30. The number of hydrogen-bond donors (Lipinski definition) is 0. The number of carbonyl (C=O) groups excluding carboxylic acids is 1. The van der Waals surface area contributed by atoms with E-state index in [-0.39, 0.29) is 5.91 Å². The Kier molecular flexibility index (Phi) is 4.05. The van der Waals surface area contributed by atoms with Crippen molar-refractivity contribution < 1.29 is 4.79 Å². The Labute approximate surface area is 107 Å². The van der Waals surface area contributed by atoms with Gasteiger partial charge in [-0.1, -0.05) is 19.9 Å². The molecule has 1 unspecified atom stereocenters. The number of rotatable bonds is 2. The predicted molar refractivity (Wildman–Crippen MR) is 71.2 cm³/mol. The van der Waals surface area contributed by atoms with Gasteiger partial charge in [-0.3, -0.25) is 9.78 Å². The first-order valence-corrected chi connectivity index (χ1v) is 7.05. The number of hydrogen-bond acceptors (Lipinski definition) is 3. The van der Waals surface area contributed by atoms with Crippen molar-refractivity contribution in [2.75, 3.05) is 18.8 Å². The molecular weight excluding hydrogens is 232 g/mol. The van der Waals surface area contributed by atoms with E-state index in [1.54, 1.807) is 12.3 Å². The first-order chi connectivity index (χ1) is 8.18. The van der Waals surface area contributed by atoms with Crippen LogP contribution in [0.2, 0.25) is 0 Å². The van der Waals surface area contributed by atoms with Gasteiger partial charge in [-0.2, -0.15) is 11.8 Å². The first-order valence-electron chi connectivity index (χ1n) is 6.00. The standard InChI is InChI=1S/C13H18N2OS/c1-10(2)12-9-15(7-8-17-12)13(16)11-5-3-4-6-14-11/h3-6,10,12H,7-9H2,1-2H3. The molecule has 1 saturated heterocycles. The van der Waals surface area contributed by atoms with E-state index in [4.69, 9.17) is 0 Å². The van der Waals surface area contributed by atoms with E-state index < -0.39 is 0 Å². The smallest absolute Gasteiger partial charge is 0.272 e. The van der Waals surface area contributed by atoms with E-state index in [1.165, 1.54) is 0 Å². The molecule has 0 aliphatic carbocycles. The molecule has 4 heteroatoms. The molecule has 1 fully saturated rings. The number of carbonyl (C=O) groups is 1. The Balaban J connectivity index is 2.05. The summed E-state index contributed by atoms with van der Waals surface area (Å²) in [5.41, 5.74) is 0.557. The minimum Gasteiger partial charge on any atom is -0.335 e. The summed E-state index contributed by atoms with van der Waals surface area (Å²) in [7, 11) is 0. The Morgan fingerprint density at radius 1 is 1.53 bits per heavy atom. The van der Waals surface area contributed by atoms with E-state index in [1.807, 2.05) is 28.8 Å². The molecule has 0 spiro atoms. The Morgan fingerprint density at radius 2 is 2.35 bits per heavy atom. The molecule has 0 N–H and O–H groups in total. The summed E-state index contributed by atoms with van der Waals surface area (Å²) in [6, 6.07) is 5.48. The van der Waals surface area contributed by atoms with Crippen molar-refractivity contribution in [3.8, 4) is 0 Å². The highest BCUT2D eigenvalue weighted by Gasteiger charge is 2.26. The molecule has 1 aromatic rings. The van der Waals surface area contributed by atoms with Gasteiger partial charge in [-0.25, -0.2) is 0 Å². The van der Waals surface area contributed by atoms with Gasteiger partial charge in [0.15, 0.2) is 0 Å². The summed E-state index contributed by atoms with van der Waals surface area (Å²) < 4.78 is 0. The molecule has 0 aromatic carbocycles. The van der Waals surface area contributed by atoms with Gasteiger partial charge >= 0.3 is 0 Å². The zero-order valence-corrected chi connectivity index (χ0v) is 11.1. The van der Waals surface area contributed by atoms with Crippen LogP contribution in [0.15, 0.2) is 24.4 Å². The van der Waals surface area contributed by atoms with Crippen LogP contribution in [0.1, 0.15) is 24.3 Å². The summed E-state index contributed by atoms with van der Waals surface area (Å²) in [5.74, 6) is 1.71. The van der Waals surface area contributed by atoms with Crippen LogP contribution in [-0.2, 0) is 0 Å². The minimum atomic E-state index is 0.0663. The van der Waals surface area contributed by atoms with E-state index in [0.717, 1.165) is 18.8 Å². The van der Waals surface area contributed by atoms with Crippen molar-refractivity contribution in [1.29, 1.82) is 0 Å². The van der Waals surface area contributed by atoms with Crippen molar-refractivity contribution in [1.82, 2.24) is 9.88 Å². The quantitative estimate of drug-likeness (QED) is 0.807. The van der Waals surface area contributed by atoms with Crippen molar-refractivity contribution >= 4 is 17.7 Å². The van der Waals surface area contributed by atoms with Gasteiger partial charge in [-0.05, 0) is 18.1 Å². The largest absolute Gasteiger partial charge is 0.335 e. The van der Waals surface area contributed by atoms with Crippen LogP contribution in [0.3, 0.4) is 0 Å². The molecular formula is C13H18N2OS. The molecule has 1 aromatic heterocycles. The third-order valence-electron chi connectivity index (χ3n) is 3.01. The van der Waals surface area contributed by atoms with Crippen LogP contribution >= 0.6 is 11.8 Å². The maximum atomic E-state index is 12.2. The highest BCUT2D eigenvalue weighted by molar-refractivity contribution is 8.00. The molecule has 0 saturated carbocycles. The van der Waals surface area contributed by atoms with Gasteiger partial charge < -0.3 is 4.90 Å². The SMILES string of the molecule is CC(C)C1CN(C(=O)c2ccccn2)CCS1. The van der Waals surface area contributed by atoms with Gasteiger partial charge in [0.1, 0.15) is 5.69 Å². The second-order valence-electron chi connectivity index (χ2n) is 4.62. The maximum Gasteiger partial charge on any atom is 0.272 e. The van der Waals surface area contributed by atoms with Crippen LogP contribution < -0.4 is 0 Å². The lowest BCUT2D eigenvalue weighted by atomic mass is 10.1. The highest BCUT2D eigenvalue weighted by atomic mass is 32.2. The minimum absolute atomic E-state index is 0.0663. The van der Waals surface area contributed by atoms with Gasteiger partial charge in [0, 0.05) is 30.3 Å². The van der Waals surface area contributed by atoms with E-state index >= 15 is 0 Å². The Morgan fingerprint density at radius 3 is 3.00 bits per heavy atom. The van der Waals surface area contributed by atoms with Gasteiger partial charge in [0.05, 0.1) is 0 Å². The second-order valence-corrected chi connectivity index (χ2v) is 5.97. The van der Waals surface area contributed by atoms with E-state index in [0.29, 0.717) is 16.9 Å². The molecule has 1 atom stereocenters. The normalized spacial score (nSPS) is 20.6. The van der Waals surface area contributed by atoms with Crippen LogP contribution in [0.25, 0.3) is 0 Å². The van der Waals surface area contributed by atoms with Crippen molar-refractivity contribution in [2.24, 2.45) is 5.92 Å². The highest BCUT2D eigenvalue weighted by Crippen LogP contribution is 2.25. The fraction of sp³-hybridized carbons (Fsp3) is 0.538. The summed E-state index contributed by atoms with van der Waals surface area (Å²) in [6.07, 6.45) is 1.67. The lowest BCUT2D eigenvalue weighted by Gasteiger charge is -2.34. The Bertz CT molecular complexity index is 380. The van der Waals surface area contributed by atoms with Crippen molar-refractivity contribution in [3.05, 3.63) is 30.1 Å². The van der Waals surface area contributed by atoms with Gasteiger partial charge in [-0.15, -0.1) is 0 Å². The molecule has 17 heavy (non-hydrogen) atoms. The molecule has 3 nitrogen and oxygen atoms in total. The van der Waals surface area contributed by atoms with Crippen LogP contribution in [-0.4, -0.2) is 39.9 Å². The van der Waals surface area contributed by atoms with Gasteiger partial charge in [0.25, 0.3) is 5.91 Å². The monoisotopic (exact) mass is 250 g/mol. The summed E-state index contributed by atoms with van der Waals surface area (Å²) in [5, 5.41) is 0.552. The zero-order chi connectivity index (χ0) is 12.3. The summed E-state index contributed by atoms with van der Waals surface area (Å²) in [6.45, 7) is 6.11. The topological polar surface area (TPSA) is 33.2 Å². The summed E-state index contributed by atoms with van der Waals surface area (Å²) >= 11 is 1.97. The maximum absolute atomic E-state index is 12.2. The molecule has 2 rings (SSSR count). The molecule has 92 valence electrons. The van der Waals surface area contributed by atoms with Crippen LogP contribution in [0.5, 0.6) is 0 Å². The number of pyridine rings is 1. The molecule has 0 bridgehead atoms. The number of amides is 1. The third kappa shape index (κ3) is 3.00. The Hall–Kier alpha value is -1.03. The molecule has 2 heterocycles. The van der Waals surface area contributed by atoms with Crippen LogP contribution in [0, 0.1) is 5.92 Å². The average molecular weight is 250 g/mol. The van der Waals surface area contributed by atoms with Crippen molar-refractivity contribution in [2.45, 2.75) is 19.1 Å². The zero-order valence-electron chi connectivity index (χ0n) is 10.3. The molecule has 0 radical (unpaired) electrons. The number of nitrogens with zero attached hydrogens (tertiary/aromatic N) is 2. The fourth-order valence-electron chi connectivity index (χ4n) is 1.91. The molecule has 1 aliphatic rings. The van der Waals surface area contributed by atoms with E-state index in [9.17, 15) is 4.79 Å². The lowest BCUT2D eigenvalue weighted by molar-refractivity contribution is 0.0750. The van der Waals surface area contributed by atoms with Crippen LogP contribution in [0.4, 0.5) is 0 Å². The first kappa shape index (κ1) is 12.4. The third-order valence-corrected chi connectivity index (χ3v) is 4.55.